The minimum absolute atomic E-state index is 0.0857. The molecule has 1 amide bonds. The number of aromatic carboxylic acids is 1. The highest BCUT2D eigenvalue weighted by Gasteiger charge is 2.36. The van der Waals surface area contributed by atoms with E-state index in [1.807, 2.05) is 35.2 Å². The van der Waals surface area contributed by atoms with E-state index in [-0.39, 0.29) is 22.9 Å². The van der Waals surface area contributed by atoms with Gasteiger partial charge in [-0.2, -0.15) is 0 Å². The van der Waals surface area contributed by atoms with Gasteiger partial charge in [-0.05, 0) is 30.5 Å². The molecule has 0 saturated carbocycles. The molecule has 0 radical (unpaired) electrons. The summed E-state index contributed by atoms with van der Waals surface area (Å²) in [4.78, 5) is 54.0. The molecule has 4 aromatic rings. The second kappa shape index (κ2) is 10.1. The summed E-state index contributed by atoms with van der Waals surface area (Å²) in [5.41, 5.74) is 1.13. The quantitative estimate of drug-likeness (QED) is 0.353. The number of nitrogens with zero attached hydrogens (tertiary/aromatic N) is 5. The predicted octanol–water partition coefficient (Wildman–Crippen LogP) is 3.06. The van der Waals surface area contributed by atoms with Crippen LogP contribution >= 0.6 is 11.3 Å². The summed E-state index contributed by atoms with van der Waals surface area (Å²) in [6.07, 6.45) is 3.86. The average molecular weight is 520 g/mol. The summed E-state index contributed by atoms with van der Waals surface area (Å²) in [6.45, 7) is 2.79. The van der Waals surface area contributed by atoms with Crippen molar-refractivity contribution in [1.82, 2.24) is 19.6 Å². The Morgan fingerprint density at radius 3 is 2.65 bits per heavy atom. The summed E-state index contributed by atoms with van der Waals surface area (Å²) in [6, 6.07) is 11.5. The molecule has 11 heteroatoms. The van der Waals surface area contributed by atoms with Crippen molar-refractivity contribution < 1.29 is 19.5 Å². The molecule has 1 saturated heterocycles. The fourth-order valence-corrected chi connectivity index (χ4v) is 5.14. The Bertz CT molecular complexity index is 1510. The number of hydroxylamine groups is 2. The molecular weight excluding hydrogens is 494 g/mol. The molecule has 1 aliphatic heterocycles. The first-order valence-electron chi connectivity index (χ1n) is 11.7. The van der Waals surface area contributed by atoms with Crippen molar-refractivity contribution in [3.63, 3.8) is 0 Å². The van der Waals surface area contributed by atoms with Gasteiger partial charge in [0.1, 0.15) is 11.4 Å². The molecule has 4 heterocycles. The Balaban J connectivity index is 1.39. The Morgan fingerprint density at radius 1 is 1.24 bits per heavy atom. The van der Waals surface area contributed by atoms with Crippen LogP contribution in [0.1, 0.15) is 27.9 Å². The van der Waals surface area contributed by atoms with E-state index in [0.29, 0.717) is 48.1 Å². The molecule has 0 unspecified atom stereocenters. The Kier molecular flexibility index (Phi) is 6.72. The van der Waals surface area contributed by atoms with Gasteiger partial charge in [-0.25, -0.2) is 19.8 Å². The van der Waals surface area contributed by atoms with E-state index >= 15 is 0 Å². The molecular formula is C26H25N5O5S. The van der Waals surface area contributed by atoms with E-state index in [1.165, 1.54) is 29.7 Å². The maximum Gasteiger partial charge on any atom is 0.341 e. The van der Waals surface area contributed by atoms with Crippen molar-refractivity contribution in [3.8, 4) is 5.13 Å². The largest absolute Gasteiger partial charge is 0.477 e. The molecule has 1 aromatic carbocycles. The molecule has 0 bridgehead atoms. The van der Waals surface area contributed by atoms with Gasteiger partial charge in [0.25, 0.3) is 0 Å². The number of carbonyl (C=O) groups excluding carboxylic acids is 1. The van der Waals surface area contributed by atoms with E-state index in [4.69, 9.17) is 9.82 Å². The number of anilines is 1. The van der Waals surface area contributed by atoms with Crippen LogP contribution in [0.3, 0.4) is 0 Å². The number of hydrogen-bond acceptors (Lipinski definition) is 8. The lowest BCUT2D eigenvalue weighted by atomic mass is 10.1. The van der Waals surface area contributed by atoms with E-state index < -0.39 is 11.4 Å². The zero-order valence-corrected chi connectivity index (χ0v) is 21.1. The summed E-state index contributed by atoms with van der Waals surface area (Å²) >= 11 is 1.31. The fourth-order valence-electron chi connectivity index (χ4n) is 4.52. The van der Waals surface area contributed by atoms with Crippen LogP contribution in [0.2, 0.25) is 0 Å². The summed E-state index contributed by atoms with van der Waals surface area (Å²) < 4.78 is 1.55. The molecule has 1 fully saturated rings. The topological polar surface area (TPSA) is 118 Å². The fraction of sp³-hybridized carbons (Fsp3) is 0.269. The third-order valence-corrected chi connectivity index (χ3v) is 7.20. The van der Waals surface area contributed by atoms with Crippen LogP contribution < -0.4 is 10.3 Å². The number of thiazole rings is 1. The zero-order chi connectivity index (χ0) is 26.1. The molecule has 0 aliphatic carbocycles. The molecule has 190 valence electrons. The second-order valence-corrected chi connectivity index (χ2v) is 9.68. The van der Waals surface area contributed by atoms with E-state index in [9.17, 15) is 19.5 Å². The van der Waals surface area contributed by atoms with Gasteiger partial charge in [0.05, 0.1) is 18.5 Å². The van der Waals surface area contributed by atoms with Gasteiger partial charge in [-0.1, -0.05) is 30.3 Å². The molecule has 1 N–H and O–H groups in total. The lowest BCUT2D eigenvalue weighted by molar-refractivity contribution is -0.190. The Hall–Kier alpha value is -4.09. The highest BCUT2D eigenvalue weighted by molar-refractivity contribution is 7.12. The second-order valence-electron chi connectivity index (χ2n) is 8.80. The maximum atomic E-state index is 13.0. The first-order valence-corrected chi connectivity index (χ1v) is 12.6. The molecule has 0 atom stereocenters. The number of carboxylic acids is 1. The highest BCUT2D eigenvalue weighted by atomic mass is 32.1. The molecule has 37 heavy (non-hydrogen) atoms. The lowest BCUT2D eigenvalue weighted by Gasteiger charge is -2.44. The van der Waals surface area contributed by atoms with Gasteiger partial charge >= 0.3 is 5.97 Å². The third-order valence-electron chi connectivity index (χ3n) is 6.43. The van der Waals surface area contributed by atoms with Crippen molar-refractivity contribution in [2.75, 3.05) is 25.1 Å². The van der Waals surface area contributed by atoms with Gasteiger partial charge < -0.3 is 10.0 Å². The monoisotopic (exact) mass is 519 g/mol. The predicted molar refractivity (Wildman–Crippen MR) is 139 cm³/mol. The summed E-state index contributed by atoms with van der Waals surface area (Å²) in [5.74, 6) is -0.762. The van der Waals surface area contributed by atoms with E-state index in [0.717, 1.165) is 5.56 Å². The third kappa shape index (κ3) is 4.70. The molecule has 3 aromatic heterocycles. The summed E-state index contributed by atoms with van der Waals surface area (Å²) in [7, 11) is 1.49. The number of pyridine rings is 2. The van der Waals surface area contributed by atoms with Gasteiger partial charge in [0.2, 0.25) is 11.3 Å². The number of rotatable bonds is 8. The number of carbonyl (C=O) groups is 2. The van der Waals surface area contributed by atoms with Gasteiger partial charge in [-0.3, -0.25) is 19.0 Å². The molecule has 10 nitrogen and oxygen atoms in total. The van der Waals surface area contributed by atoms with Crippen LogP contribution in [0.25, 0.3) is 16.2 Å². The molecule has 5 rings (SSSR count). The first-order chi connectivity index (χ1) is 17.9. The van der Waals surface area contributed by atoms with Crippen molar-refractivity contribution in [3.05, 3.63) is 81.1 Å². The SMILES string of the molecule is CON(C(=O)CCc1ccccc1)C1CN(c2cc(C)c3c(=O)c(C(=O)O)cn(-c4nccs4)c3n2)C1. The number of hydrogen-bond donors (Lipinski definition) is 1. The number of benzene rings is 1. The van der Waals surface area contributed by atoms with Crippen LogP contribution in [-0.4, -0.2) is 62.8 Å². The van der Waals surface area contributed by atoms with Crippen molar-refractivity contribution in [2.24, 2.45) is 0 Å². The normalized spacial score (nSPS) is 13.5. The van der Waals surface area contributed by atoms with Crippen LogP contribution in [0.15, 0.2) is 59.0 Å². The van der Waals surface area contributed by atoms with Crippen LogP contribution in [0.5, 0.6) is 0 Å². The standard InChI is InChI=1S/C26H25N5O5S/c1-16-12-20(28-24-22(16)23(33)19(25(34)35)15-30(24)26-27-10-11-37-26)29-13-18(14-29)31(36-2)21(32)9-8-17-6-4-3-5-7-17/h3-7,10-12,15,18H,8-9,13-14H2,1-2H3,(H,34,35). The van der Waals surface area contributed by atoms with Crippen molar-refractivity contribution in [2.45, 2.75) is 25.8 Å². The molecule has 0 spiro atoms. The van der Waals surface area contributed by atoms with Gasteiger partial charge in [0.15, 0.2) is 10.8 Å². The minimum atomic E-state index is -1.30. The van der Waals surface area contributed by atoms with Crippen molar-refractivity contribution in [1.29, 1.82) is 0 Å². The van der Waals surface area contributed by atoms with Gasteiger partial charge in [-0.15, -0.1) is 11.3 Å². The van der Waals surface area contributed by atoms with Crippen molar-refractivity contribution >= 4 is 40.1 Å². The number of amides is 1. The molecule has 1 aliphatic rings. The number of fused-ring (bicyclic) bond motifs is 1. The van der Waals surface area contributed by atoms with Gasteiger partial charge in [0, 0.05) is 37.3 Å². The van der Waals surface area contributed by atoms with Crippen LogP contribution in [-0.2, 0) is 16.1 Å². The van der Waals surface area contributed by atoms with E-state index in [2.05, 4.69) is 4.98 Å². The van der Waals surface area contributed by atoms with Crippen LogP contribution in [0.4, 0.5) is 5.82 Å². The Labute approximate surface area is 216 Å². The average Bonchev–Trinajstić information content (AvgIpc) is 3.39. The maximum absolute atomic E-state index is 13.0. The van der Waals surface area contributed by atoms with Crippen LogP contribution in [0, 0.1) is 6.92 Å². The van der Waals surface area contributed by atoms with E-state index in [1.54, 1.807) is 29.1 Å². The lowest BCUT2D eigenvalue weighted by Crippen LogP contribution is -2.61. The summed E-state index contributed by atoms with van der Waals surface area (Å²) in [5, 5.41) is 13.5. The number of aryl methyl sites for hydroxylation is 2. The number of carboxylic acid groups (broad SMARTS) is 1. The Morgan fingerprint density at radius 2 is 2.00 bits per heavy atom. The highest BCUT2D eigenvalue weighted by Crippen LogP contribution is 2.28. The minimum Gasteiger partial charge on any atom is -0.477 e. The number of aromatic nitrogens is 3. The zero-order valence-electron chi connectivity index (χ0n) is 20.3. The smallest absolute Gasteiger partial charge is 0.341 e. The first kappa shape index (κ1) is 24.6.